The number of halogens is 6. The standard InChI is InChI=1S/C19H15Cl2F4N/c20-15-8-12(9-16(21)18(15)22)14(19(23,24)25)5-2-10-1-4-13-11(7-10)3-6-17(13)26/h1-2,4-5,7-9,14,17H,3,6,26H2. The molecule has 26 heavy (non-hydrogen) atoms. The largest absolute Gasteiger partial charge is 0.399 e. The molecule has 1 aliphatic rings. The highest BCUT2D eigenvalue weighted by Gasteiger charge is 2.39. The highest BCUT2D eigenvalue weighted by molar-refractivity contribution is 6.35. The fourth-order valence-corrected chi connectivity index (χ4v) is 3.65. The van der Waals surface area contributed by atoms with Crippen molar-refractivity contribution in [1.82, 2.24) is 0 Å². The SMILES string of the molecule is NC1CCc2cc(C=CC(c3cc(Cl)c(F)c(Cl)c3)C(F)(F)F)ccc21. The Balaban J connectivity index is 1.94. The zero-order chi connectivity index (χ0) is 19.1. The van der Waals surface area contributed by atoms with Crippen molar-refractivity contribution in [2.45, 2.75) is 31.0 Å². The lowest BCUT2D eigenvalue weighted by Gasteiger charge is -2.18. The first-order chi connectivity index (χ1) is 12.2. The number of allylic oxidation sites excluding steroid dienone is 1. The molecule has 0 saturated heterocycles. The number of rotatable bonds is 3. The van der Waals surface area contributed by atoms with Gasteiger partial charge in [0.1, 0.15) is 0 Å². The van der Waals surface area contributed by atoms with E-state index in [2.05, 4.69) is 0 Å². The molecule has 2 aromatic carbocycles. The first-order valence-electron chi connectivity index (χ1n) is 7.94. The van der Waals surface area contributed by atoms with Crippen LogP contribution < -0.4 is 5.73 Å². The molecular weight excluding hydrogens is 389 g/mol. The van der Waals surface area contributed by atoms with Gasteiger partial charge in [-0.05, 0) is 47.2 Å². The average molecular weight is 404 g/mol. The lowest BCUT2D eigenvalue weighted by molar-refractivity contribution is -0.139. The molecule has 0 fully saturated rings. The van der Waals surface area contributed by atoms with E-state index < -0.39 is 28.0 Å². The Morgan fingerprint density at radius 3 is 2.38 bits per heavy atom. The van der Waals surface area contributed by atoms with E-state index in [1.807, 2.05) is 12.1 Å². The molecule has 1 aliphatic carbocycles. The third-order valence-electron chi connectivity index (χ3n) is 4.49. The second-order valence-electron chi connectivity index (χ2n) is 6.28. The molecule has 0 aliphatic heterocycles. The summed E-state index contributed by atoms with van der Waals surface area (Å²) in [5.74, 6) is -2.88. The van der Waals surface area contributed by atoms with E-state index in [1.54, 1.807) is 6.07 Å². The van der Waals surface area contributed by atoms with E-state index in [-0.39, 0.29) is 11.6 Å². The minimum absolute atomic E-state index is 0.0190. The molecular formula is C19H15Cl2F4N. The minimum Gasteiger partial charge on any atom is -0.324 e. The molecule has 2 unspecified atom stereocenters. The van der Waals surface area contributed by atoms with Crippen molar-refractivity contribution in [1.29, 1.82) is 0 Å². The highest BCUT2D eigenvalue weighted by Crippen LogP contribution is 2.39. The van der Waals surface area contributed by atoms with Crippen LogP contribution in [0.3, 0.4) is 0 Å². The van der Waals surface area contributed by atoms with E-state index >= 15 is 0 Å². The van der Waals surface area contributed by atoms with Crippen LogP contribution in [0.25, 0.3) is 6.08 Å². The Kier molecular flexibility index (Phi) is 5.33. The summed E-state index contributed by atoms with van der Waals surface area (Å²) >= 11 is 11.3. The number of nitrogens with two attached hydrogens (primary N) is 1. The van der Waals surface area contributed by atoms with E-state index in [0.29, 0.717) is 5.56 Å². The van der Waals surface area contributed by atoms with E-state index in [4.69, 9.17) is 28.9 Å². The van der Waals surface area contributed by atoms with Gasteiger partial charge >= 0.3 is 6.18 Å². The molecule has 1 nitrogen and oxygen atoms in total. The lowest BCUT2D eigenvalue weighted by Crippen LogP contribution is -2.19. The second kappa shape index (κ2) is 7.22. The first-order valence-corrected chi connectivity index (χ1v) is 8.70. The van der Waals surface area contributed by atoms with Gasteiger partial charge in [-0.1, -0.05) is 53.6 Å². The first kappa shape index (κ1) is 19.2. The summed E-state index contributed by atoms with van der Waals surface area (Å²) in [5.41, 5.74) is 8.49. The summed E-state index contributed by atoms with van der Waals surface area (Å²) < 4.78 is 54.0. The van der Waals surface area contributed by atoms with Gasteiger partial charge in [0, 0.05) is 6.04 Å². The maximum atomic E-state index is 13.5. The summed E-state index contributed by atoms with van der Waals surface area (Å²) in [6, 6.07) is 7.31. The van der Waals surface area contributed by atoms with Crippen molar-refractivity contribution in [2.24, 2.45) is 5.73 Å². The Bertz CT molecular complexity index is 838. The molecule has 2 atom stereocenters. The Labute approximate surface area is 158 Å². The summed E-state index contributed by atoms with van der Waals surface area (Å²) in [7, 11) is 0. The maximum absolute atomic E-state index is 13.5. The van der Waals surface area contributed by atoms with Gasteiger partial charge < -0.3 is 5.73 Å². The number of alkyl halides is 3. The number of fused-ring (bicyclic) bond motifs is 1. The van der Waals surface area contributed by atoms with Crippen LogP contribution in [0.2, 0.25) is 10.0 Å². The van der Waals surface area contributed by atoms with Gasteiger partial charge in [0.25, 0.3) is 0 Å². The van der Waals surface area contributed by atoms with E-state index in [0.717, 1.165) is 42.2 Å². The second-order valence-corrected chi connectivity index (χ2v) is 7.09. The fourth-order valence-electron chi connectivity index (χ4n) is 3.15. The predicted molar refractivity (Wildman–Crippen MR) is 95.9 cm³/mol. The number of hydrogen-bond acceptors (Lipinski definition) is 1. The van der Waals surface area contributed by atoms with Gasteiger partial charge in [-0.25, -0.2) is 4.39 Å². The lowest BCUT2D eigenvalue weighted by atomic mass is 9.96. The Morgan fingerprint density at radius 2 is 1.77 bits per heavy atom. The number of hydrogen-bond donors (Lipinski definition) is 1. The van der Waals surface area contributed by atoms with Crippen LogP contribution in [0.1, 0.15) is 40.6 Å². The quantitative estimate of drug-likeness (QED) is 0.463. The normalized spacial score (nSPS) is 18.3. The zero-order valence-electron chi connectivity index (χ0n) is 13.5. The average Bonchev–Trinajstić information content (AvgIpc) is 2.92. The summed E-state index contributed by atoms with van der Waals surface area (Å²) in [6.07, 6.45) is -0.506. The zero-order valence-corrected chi connectivity index (χ0v) is 15.0. The Morgan fingerprint density at radius 1 is 1.12 bits per heavy atom. The molecule has 0 saturated carbocycles. The van der Waals surface area contributed by atoms with Gasteiger partial charge in [0.05, 0.1) is 16.0 Å². The van der Waals surface area contributed by atoms with Crippen LogP contribution in [0.15, 0.2) is 36.4 Å². The van der Waals surface area contributed by atoms with Crippen LogP contribution >= 0.6 is 23.2 Å². The van der Waals surface area contributed by atoms with Crippen molar-refractivity contribution >= 4 is 29.3 Å². The van der Waals surface area contributed by atoms with Crippen LogP contribution in [-0.2, 0) is 6.42 Å². The number of aryl methyl sites for hydroxylation is 1. The molecule has 2 N–H and O–H groups in total. The summed E-state index contributed by atoms with van der Waals surface area (Å²) in [4.78, 5) is 0. The van der Waals surface area contributed by atoms with E-state index in [9.17, 15) is 17.6 Å². The minimum atomic E-state index is -4.57. The van der Waals surface area contributed by atoms with Gasteiger partial charge in [0.2, 0.25) is 0 Å². The molecule has 0 bridgehead atoms. The van der Waals surface area contributed by atoms with Crippen molar-refractivity contribution in [3.8, 4) is 0 Å². The number of benzene rings is 2. The van der Waals surface area contributed by atoms with Crippen molar-refractivity contribution < 1.29 is 17.6 Å². The molecule has 0 amide bonds. The summed E-state index contributed by atoms with van der Waals surface area (Å²) in [6.45, 7) is 0. The maximum Gasteiger partial charge on any atom is 0.399 e. The third-order valence-corrected chi connectivity index (χ3v) is 5.04. The van der Waals surface area contributed by atoms with Crippen LogP contribution in [0.5, 0.6) is 0 Å². The molecule has 138 valence electrons. The smallest absolute Gasteiger partial charge is 0.324 e. The molecule has 3 rings (SSSR count). The third kappa shape index (κ3) is 3.90. The monoisotopic (exact) mass is 403 g/mol. The van der Waals surface area contributed by atoms with Crippen molar-refractivity contribution in [3.05, 3.63) is 74.5 Å². The van der Waals surface area contributed by atoms with Crippen LogP contribution in [0, 0.1) is 5.82 Å². The predicted octanol–water partition coefficient (Wildman–Crippen LogP) is 6.44. The fraction of sp³-hybridized carbons (Fsp3) is 0.263. The van der Waals surface area contributed by atoms with Gasteiger partial charge in [0.15, 0.2) is 5.82 Å². The topological polar surface area (TPSA) is 26.0 Å². The Hall–Kier alpha value is -1.56. The van der Waals surface area contributed by atoms with Crippen molar-refractivity contribution in [2.75, 3.05) is 0 Å². The highest BCUT2D eigenvalue weighted by atomic mass is 35.5. The van der Waals surface area contributed by atoms with Gasteiger partial charge in [-0.15, -0.1) is 0 Å². The van der Waals surface area contributed by atoms with E-state index in [1.165, 1.54) is 6.08 Å². The van der Waals surface area contributed by atoms with Gasteiger partial charge in [-0.3, -0.25) is 0 Å². The molecule has 2 aromatic rings. The van der Waals surface area contributed by atoms with Crippen LogP contribution in [-0.4, -0.2) is 6.18 Å². The molecule has 0 heterocycles. The molecule has 0 aromatic heterocycles. The van der Waals surface area contributed by atoms with Crippen molar-refractivity contribution in [3.63, 3.8) is 0 Å². The van der Waals surface area contributed by atoms with Gasteiger partial charge in [-0.2, -0.15) is 13.2 Å². The molecule has 0 spiro atoms. The summed E-state index contributed by atoms with van der Waals surface area (Å²) in [5, 5.41) is -0.886. The van der Waals surface area contributed by atoms with Crippen LogP contribution in [0.4, 0.5) is 17.6 Å². The molecule has 0 radical (unpaired) electrons. The molecule has 7 heteroatoms.